The van der Waals surface area contributed by atoms with Gasteiger partial charge in [0.1, 0.15) is 10.8 Å². The molecular formula is C15H19NO2S. The predicted molar refractivity (Wildman–Crippen MR) is 78.7 cm³/mol. The number of nitrogens with zero attached hydrogens (tertiary/aromatic N) is 1. The lowest BCUT2D eigenvalue weighted by Gasteiger charge is -2.14. The Morgan fingerprint density at radius 2 is 1.89 bits per heavy atom. The summed E-state index contributed by atoms with van der Waals surface area (Å²) >= 11 is 1.54. The van der Waals surface area contributed by atoms with Gasteiger partial charge < -0.3 is 9.84 Å². The summed E-state index contributed by atoms with van der Waals surface area (Å²) in [5.41, 5.74) is 1.10. The van der Waals surface area contributed by atoms with Gasteiger partial charge in [0.05, 0.1) is 22.8 Å². The van der Waals surface area contributed by atoms with Gasteiger partial charge in [-0.1, -0.05) is 0 Å². The minimum atomic E-state index is -0.842. The maximum Gasteiger partial charge on any atom is 0.123 e. The lowest BCUT2D eigenvalue weighted by molar-refractivity contribution is 0.0817. The van der Waals surface area contributed by atoms with Gasteiger partial charge in [-0.05, 0) is 52.0 Å². The van der Waals surface area contributed by atoms with Crippen molar-refractivity contribution in [3.8, 4) is 16.3 Å². The van der Waals surface area contributed by atoms with Crippen molar-refractivity contribution in [2.75, 3.05) is 6.61 Å². The summed E-state index contributed by atoms with van der Waals surface area (Å²) in [7, 11) is 0. The monoisotopic (exact) mass is 277 g/mol. The zero-order valence-electron chi connectivity index (χ0n) is 11.7. The Balaban J connectivity index is 2.32. The lowest BCUT2D eigenvalue weighted by Crippen LogP contribution is -2.14. The van der Waals surface area contributed by atoms with Crippen molar-refractivity contribution in [2.45, 2.75) is 33.3 Å². The molecule has 4 heteroatoms. The Kier molecular flexibility index (Phi) is 3.92. The Hall–Kier alpha value is -1.39. The molecule has 0 aliphatic carbocycles. The van der Waals surface area contributed by atoms with Crippen molar-refractivity contribution in [2.24, 2.45) is 0 Å². The summed E-state index contributed by atoms with van der Waals surface area (Å²) < 4.78 is 5.42. The van der Waals surface area contributed by atoms with E-state index in [9.17, 15) is 5.11 Å². The molecule has 0 aliphatic rings. The first-order valence-corrected chi connectivity index (χ1v) is 7.17. The Morgan fingerprint density at radius 3 is 2.37 bits per heavy atom. The molecule has 1 aromatic heterocycles. The number of benzene rings is 1. The molecule has 2 rings (SSSR count). The van der Waals surface area contributed by atoms with Gasteiger partial charge in [0.25, 0.3) is 0 Å². The summed E-state index contributed by atoms with van der Waals surface area (Å²) in [5, 5.41) is 11.0. The van der Waals surface area contributed by atoms with E-state index in [1.807, 2.05) is 38.1 Å². The van der Waals surface area contributed by atoms with E-state index < -0.39 is 5.60 Å². The minimum absolute atomic E-state index is 0.665. The van der Waals surface area contributed by atoms with Gasteiger partial charge in [-0.2, -0.15) is 0 Å². The molecule has 0 atom stereocenters. The maximum atomic E-state index is 10.1. The van der Waals surface area contributed by atoms with Crippen molar-refractivity contribution >= 4 is 11.3 Å². The molecule has 0 aliphatic heterocycles. The lowest BCUT2D eigenvalue weighted by atomic mass is 10.1. The number of thiazole rings is 1. The molecule has 2 aromatic rings. The van der Waals surface area contributed by atoms with E-state index in [4.69, 9.17) is 4.74 Å². The van der Waals surface area contributed by atoms with Gasteiger partial charge in [0.15, 0.2) is 0 Å². The quantitative estimate of drug-likeness (QED) is 0.925. The molecule has 0 unspecified atom stereocenters. The van der Waals surface area contributed by atoms with Crippen molar-refractivity contribution in [3.63, 3.8) is 0 Å². The Bertz CT molecular complexity index is 553. The van der Waals surface area contributed by atoms with Gasteiger partial charge in [-0.15, -0.1) is 11.3 Å². The Morgan fingerprint density at radius 1 is 1.26 bits per heavy atom. The largest absolute Gasteiger partial charge is 0.494 e. The average Bonchev–Trinajstić information content (AvgIpc) is 2.72. The van der Waals surface area contributed by atoms with Crippen molar-refractivity contribution in [1.82, 2.24) is 4.98 Å². The minimum Gasteiger partial charge on any atom is -0.494 e. The van der Waals surface area contributed by atoms with Crippen LogP contribution in [0.25, 0.3) is 10.6 Å². The van der Waals surface area contributed by atoms with Crippen LogP contribution in [0.15, 0.2) is 24.3 Å². The van der Waals surface area contributed by atoms with Gasteiger partial charge in [0.2, 0.25) is 0 Å². The summed E-state index contributed by atoms with van der Waals surface area (Å²) in [5.74, 6) is 0.863. The van der Waals surface area contributed by atoms with Crippen LogP contribution in [0.2, 0.25) is 0 Å². The first kappa shape index (κ1) is 14.0. The number of aromatic nitrogens is 1. The van der Waals surface area contributed by atoms with Crippen LogP contribution in [-0.2, 0) is 5.60 Å². The normalized spacial score (nSPS) is 11.6. The molecule has 1 heterocycles. The molecule has 0 amide bonds. The van der Waals surface area contributed by atoms with E-state index in [0.29, 0.717) is 6.61 Å². The predicted octanol–water partition coefficient (Wildman–Crippen LogP) is 3.74. The van der Waals surface area contributed by atoms with Crippen LogP contribution >= 0.6 is 11.3 Å². The number of hydrogen-bond donors (Lipinski definition) is 1. The zero-order valence-corrected chi connectivity index (χ0v) is 12.5. The zero-order chi connectivity index (χ0) is 14.0. The molecule has 0 fully saturated rings. The van der Waals surface area contributed by atoms with Crippen LogP contribution in [0.5, 0.6) is 5.75 Å². The summed E-state index contributed by atoms with van der Waals surface area (Å²) in [6, 6.07) is 7.88. The second-order valence-corrected chi connectivity index (χ2v) is 5.95. The highest BCUT2D eigenvalue weighted by Crippen LogP contribution is 2.34. The van der Waals surface area contributed by atoms with Crippen molar-refractivity contribution in [1.29, 1.82) is 0 Å². The van der Waals surface area contributed by atoms with Gasteiger partial charge in [-0.25, -0.2) is 4.98 Å². The molecule has 102 valence electrons. The highest BCUT2D eigenvalue weighted by Gasteiger charge is 2.23. The summed E-state index contributed by atoms with van der Waals surface area (Å²) in [4.78, 5) is 5.45. The van der Waals surface area contributed by atoms with Crippen LogP contribution in [0.4, 0.5) is 0 Å². The van der Waals surface area contributed by atoms with Gasteiger partial charge in [0, 0.05) is 5.56 Å². The number of aliphatic hydroxyl groups is 1. The molecule has 0 saturated heterocycles. The highest BCUT2D eigenvalue weighted by atomic mass is 32.1. The second-order valence-electron chi connectivity index (χ2n) is 4.95. The number of ether oxygens (including phenoxy) is 1. The second kappa shape index (κ2) is 5.31. The third-order valence-corrected chi connectivity index (χ3v) is 4.28. The van der Waals surface area contributed by atoms with Gasteiger partial charge in [-0.3, -0.25) is 0 Å². The van der Waals surface area contributed by atoms with E-state index in [0.717, 1.165) is 26.9 Å². The maximum absolute atomic E-state index is 10.1. The van der Waals surface area contributed by atoms with Crippen LogP contribution < -0.4 is 4.74 Å². The fourth-order valence-electron chi connectivity index (χ4n) is 1.95. The third-order valence-electron chi connectivity index (χ3n) is 2.76. The first-order chi connectivity index (χ1) is 8.91. The Labute approximate surface area is 117 Å². The SMILES string of the molecule is CCOc1ccc(-c2nc(C)c(C(C)(C)O)s2)cc1. The average molecular weight is 277 g/mol. The molecule has 0 spiro atoms. The molecule has 3 nitrogen and oxygen atoms in total. The third kappa shape index (κ3) is 3.14. The fraction of sp³-hybridized carbons (Fsp3) is 0.400. The molecule has 1 aromatic carbocycles. The van der Waals surface area contributed by atoms with Crippen LogP contribution in [-0.4, -0.2) is 16.7 Å². The summed E-state index contributed by atoms with van der Waals surface area (Å²) in [6.07, 6.45) is 0. The molecule has 19 heavy (non-hydrogen) atoms. The van der Waals surface area contributed by atoms with Crippen LogP contribution in [0.3, 0.4) is 0 Å². The molecule has 1 N–H and O–H groups in total. The van der Waals surface area contributed by atoms with E-state index in [1.165, 1.54) is 11.3 Å². The van der Waals surface area contributed by atoms with E-state index in [-0.39, 0.29) is 0 Å². The standard InChI is InChI=1S/C15H19NO2S/c1-5-18-12-8-6-11(7-9-12)14-16-10(2)13(19-14)15(3,4)17/h6-9,17H,5H2,1-4H3. The number of rotatable bonds is 4. The molecular weight excluding hydrogens is 258 g/mol. The van der Waals surface area contributed by atoms with E-state index in [1.54, 1.807) is 13.8 Å². The number of aryl methyl sites for hydroxylation is 1. The number of hydrogen-bond acceptors (Lipinski definition) is 4. The van der Waals surface area contributed by atoms with Crippen LogP contribution in [0, 0.1) is 6.92 Å². The molecule has 0 bridgehead atoms. The molecule has 0 radical (unpaired) electrons. The van der Waals surface area contributed by atoms with E-state index in [2.05, 4.69) is 4.98 Å². The van der Waals surface area contributed by atoms with Crippen molar-refractivity contribution < 1.29 is 9.84 Å². The van der Waals surface area contributed by atoms with E-state index >= 15 is 0 Å². The smallest absolute Gasteiger partial charge is 0.123 e. The van der Waals surface area contributed by atoms with Gasteiger partial charge >= 0.3 is 0 Å². The highest BCUT2D eigenvalue weighted by molar-refractivity contribution is 7.15. The molecule has 0 saturated carbocycles. The fourth-order valence-corrected chi connectivity index (χ4v) is 3.02. The van der Waals surface area contributed by atoms with Crippen LogP contribution in [0.1, 0.15) is 31.3 Å². The summed E-state index contributed by atoms with van der Waals surface area (Å²) in [6.45, 7) is 8.14. The topological polar surface area (TPSA) is 42.4 Å². The first-order valence-electron chi connectivity index (χ1n) is 6.35. The van der Waals surface area contributed by atoms with Crippen molar-refractivity contribution in [3.05, 3.63) is 34.8 Å².